The molecule has 8 heteroatoms. The van der Waals surface area contributed by atoms with E-state index in [-0.39, 0.29) is 30.3 Å². The van der Waals surface area contributed by atoms with Gasteiger partial charge in [0.05, 0.1) is 28.3 Å². The zero-order valence-corrected chi connectivity index (χ0v) is 19.4. The molecule has 0 aliphatic carbocycles. The fourth-order valence-corrected chi connectivity index (χ4v) is 5.85. The Morgan fingerprint density at radius 1 is 0.917 bits per heavy atom. The molecule has 1 N–H and O–H groups in total. The molecule has 3 amide bonds. The van der Waals surface area contributed by atoms with E-state index in [1.165, 1.54) is 0 Å². The molecule has 178 valence electrons. The third-order valence-electron chi connectivity index (χ3n) is 7.48. The monoisotopic (exact) mass is 477 g/mol. The molecule has 0 unspecified atom stereocenters. The molecule has 3 aliphatic rings. The number of hydrogen-bond acceptors (Lipinski definition) is 4. The summed E-state index contributed by atoms with van der Waals surface area (Å²) < 4.78 is 0. The summed E-state index contributed by atoms with van der Waals surface area (Å²) in [6.07, 6.45) is 1.02. The number of anilines is 1. The summed E-state index contributed by atoms with van der Waals surface area (Å²) in [6, 6.07) is 22.1. The lowest BCUT2D eigenvalue weighted by Gasteiger charge is -2.41. The van der Waals surface area contributed by atoms with Crippen molar-refractivity contribution >= 4 is 34.4 Å². The maximum absolute atomic E-state index is 13.7. The van der Waals surface area contributed by atoms with Gasteiger partial charge in [0, 0.05) is 17.7 Å². The smallest absolute Gasteiger partial charge is 0.260 e. The van der Waals surface area contributed by atoms with Crippen LogP contribution in [0.15, 0.2) is 72.8 Å². The van der Waals surface area contributed by atoms with Crippen molar-refractivity contribution in [3.05, 3.63) is 95.3 Å². The Labute approximate surface area is 207 Å². The second kappa shape index (κ2) is 7.78. The maximum atomic E-state index is 13.7. The predicted molar refractivity (Wildman–Crippen MR) is 133 cm³/mol. The standard InChI is InChI=1S/C28H23N5O3/c34-24(31-15-7-14-23(31)25-29-20-11-4-5-12-21(20)30-25)16-32-26-17-8-1-2-9-18(17)28(36)33(26)22-13-6-3-10-19(22)27(32)35/h1-6,8-13,23,26H,7,14-16H2,(H,29,30)/t23-,26+/m0/s1. The second-order valence-corrected chi connectivity index (χ2v) is 9.47. The van der Waals surface area contributed by atoms with Gasteiger partial charge >= 0.3 is 0 Å². The highest BCUT2D eigenvalue weighted by molar-refractivity contribution is 6.17. The molecular weight excluding hydrogens is 454 g/mol. The minimum absolute atomic E-state index is 0.118. The Balaban J connectivity index is 1.24. The van der Waals surface area contributed by atoms with Gasteiger partial charge in [-0.1, -0.05) is 42.5 Å². The molecule has 1 aromatic heterocycles. The van der Waals surface area contributed by atoms with Crippen molar-refractivity contribution in [2.24, 2.45) is 0 Å². The normalized spacial score (nSPS) is 20.6. The van der Waals surface area contributed by atoms with Gasteiger partial charge in [0.25, 0.3) is 11.8 Å². The van der Waals surface area contributed by atoms with Gasteiger partial charge in [-0.25, -0.2) is 4.98 Å². The molecule has 4 aromatic rings. The quantitative estimate of drug-likeness (QED) is 0.482. The van der Waals surface area contributed by atoms with E-state index in [9.17, 15) is 14.4 Å². The molecule has 8 nitrogen and oxygen atoms in total. The average Bonchev–Trinajstić information content (AvgIpc) is 3.63. The molecule has 2 atom stereocenters. The molecule has 1 fully saturated rings. The number of likely N-dealkylation sites (tertiary alicyclic amines) is 1. The van der Waals surface area contributed by atoms with Gasteiger partial charge in [-0.15, -0.1) is 0 Å². The molecule has 3 aliphatic heterocycles. The number of fused-ring (bicyclic) bond motifs is 6. The minimum Gasteiger partial charge on any atom is -0.340 e. The lowest BCUT2D eigenvalue weighted by Crippen LogP contribution is -2.52. The van der Waals surface area contributed by atoms with Crippen molar-refractivity contribution in [2.45, 2.75) is 25.0 Å². The second-order valence-electron chi connectivity index (χ2n) is 9.47. The zero-order chi connectivity index (χ0) is 24.4. The third-order valence-corrected chi connectivity index (χ3v) is 7.48. The number of nitrogens with one attached hydrogen (secondary N) is 1. The van der Waals surface area contributed by atoms with Crippen LogP contribution in [-0.4, -0.2) is 50.6 Å². The number of carbonyl (C=O) groups excluding carboxylic acids is 3. The van der Waals surface area contributed by atoms with Crippen LogP contribution in [0.2, 0.25) is 0 Å². The molecule has 3 aromatic carbocycles. The summed E-state index contributed by atoms with van der Waals surface area (Å²) in [5, 5.41) is 0. The maximum Gasteiger partial charge on any atom is 0.260 e. The number of aromatic nitrogens is 2. The van der Waals surface area contributed by atoms with Crippen molar-refractivity contribution in [3.8, 4) is 0 Å². The van der Waals surface area contributed by atoms with Crippen LogP contribution in [0, 0.1) is 0 Å². The third kappa shape index (κ3) is 2.94. The van der Waals surface area contributed by atoms with Crippen LogP contribution in [0.3, 0.4) is 0 Å². The summed E-state index contributed by atoms with van der Waals surface area (Å²) in [5.74, 6) is 0.210. The number of hydrogen-bond donors (Lipinski definition) is 1. The van der Waals surface area contributed by atoms with E-state index in [1.54, 1.807) is 34.1 Å². The van der Waals surface area contributed by atoms with Crippen LogP contribution >= 0.6 is 0 Å². The Morgan fingerprint density at radius 2 is 1.67 bits per heavy atom. The van der Waals surface area contributed by atoms with Crippen molar-refractivity contribution in [3.63, 3.8) is 0 Å². The minimum atomic E-state index is -0.646. The van der Waals surface area contributed by atoms with Crippen LogP contribution in [0.5, 0.6) is 0 Å². The number of imidazole rings is 1. The molecule has 1 saturated heterocycles. The number of benzene rings is 3. The SMILES string of the molecule is O=C1c2ccccc2N2C(=O)c3ccccc3[C@@H]2N1CC(=O)N1CCC[C@H]1c1nc2ccccc2[nH]1. The number of rotatable bonds is 3. The van der Waals surface area contributed by atoms with Gasteiger partial charge in [0.2, 0.25) is 5.91 Å². The van der Waals surface area contributed by atoms with Crippen molar-refractivity contribution in [2.75, 3.05) is 18.0 Å². The number of nitrogens with zero attached hydrogens (tertiary/aromatic N) is 4. The number of H-pyrrole nitrogens is 1. The Kier molecular flexibility index (Phi) is 4.51. The molecule has 0 spiro atoms. The van der Waals surface area contributed by atoms with Gasteiger partial charge in [0.1, 0.15) is 18.5 Å². The molecule has 0 bridgehead atoms. The fourth-order valence-electron chi connectivity index (χ4n) is 5.85. The van der Waals surface area contributed by atoms with Crippen molar-refractivity contribution in [1.82, 2.24) is 19.8 Å². The fraction of sp³-hybridized carbons (Fsp3) is 0.214. The van der Waals surface area contributed by atoms with E-state index in [0.717, 1.165) is 35.3 Å². The number of amides is 3. The molecule has 0 radical (unpaired) electrons. The van der Waals surface area contributed by atoms with Gasteiger partial charge < -0.3 is 14.8 Å². The van der Waals surface area contributed by atoms with E-state index < -0.39 is 6.17 Å². The van der Waals surface area contributed by atoms with Gasteiger partial charge in [-0.3, -0.25) is 19.3 Å². The van der Waals surface area contributed by atoms with Gasteiger partial charge in [-0.2, -0.15) is 0 Å². The van der Waals surface area contributed by atoms with Crippen LogP contribution in [0.4, 0.5) is 5.69 Å². The predicted octanol–water partition coefficient (Wildman–Crippen LogP) is 4.04. The summed E-state index contributed by atoms with van der Waals surface area (Å²) in [4.78, 5) is 53.9. The Hall–Kier alpha value is -4.46. The molecule has 36 heavy (non-hydrogen) atoms. The van der Waals surface area contributed by atoms with Gasteiger partial charge in [0.15, 0.2) is 0 Å². The first-order valence-corrected chi connectivity index (χ1v) is 12.2. The first-order chi connectivity index (χ1) is 17.6. The van der Waals surface area contributed by atoms with E-state index in [4.69, 9.17) is 4.98 Å². The molecule has 7 rings (SSSR count). The molecule has 0 saturated carbocycles. The lowest BCUT2D eigenvalue weighted by molar-refractivity contribution is -0.133. The largest absolute Gasteiger partial charge is 0.340 e. The van der Waals surface area contributed by atoms with E-state index in [1.807, 2.05) is 53.4 Å². The topological polar surface area (TPSA) is 89.6 Å². The lowest BCUT2D eigenvalue weighted by atomic mass is 10.0. The Bertz CT molecular complexity index is 1530. The van der Waals surface area contributed by atoms with Crippen LogP contribution < -0.4 is 4.90 Å². The van der Waals surface area contributed by atoms with Gasteiger partial charge in [-0.05, 0) is 43.2 Å². The number of para-hydroxylation sites is 3. The first-order valence-electron chi connectivity index (χ1n) is 12.2. The Morgan fingerprint density at radius 3 is 2.53 bits per heavy atom. The van der Waals surface area contributed by atoms with Crippen LogP contribution in [0.1, 0.15) is 57.2 Å². The number of aromatic amines is 1. The van der Waals surface area contributed by atoms with Crippen LogP contribution in [-0.2, 0) is 4.79 Å². The van der Waals surface area contributed by atoms with Crippen LogP contribution in [0.25, 0.3) is 11.0 Å². The van der Waals surface area contributed by atoms with E-state index in [0.29, 0.717) is 23.4 Å². The molecular formula is C28H23N5O3. The van der Waals surface area contributed by atoms with Crippen molar-refractivity contribution < 1.29 is 14.4 Å². The summed E-state index contributed by atoms with van der Waals surface area (Å²) in [5.41, 5.74) is 4.12. The highest BCUT2D eigenvalue weighted by Gasteiger charge is 2.48. The average molecular weight is 478 g/mol. The first kappa shape index (κ1) is 20.9. The van der Waals surface area contributed by atoms with Crippen molar-refractivity contribution in [1.29, 1.82) is 0 Å². The summed E-state index contributed by atoms with van der Waals surface area (Å²) in [6.45, 7) is 0.482. The summed E-state index contributed by atoms with van der Waals surface area (Å²) in [7, 11) is 0. The van der Waals surface area contributed by atoms with E-state index in [2.05, 4.69) is 4.98 Å². The number of carbonyl (C=O) groups is 3. The van der Waals surface area contributed by atoms with E-state index >= 15 is 0 Å². The summed E-state index contributed by atoms with van der Waals surface area (Å²) >= 11 is 0. The molecule has 4 heterocycles. The highest BCUT2D eigenvalue weighted by Crippen LogP contribution is 2.45. The highest BCUT2D eigenvalue weighted by atomic mass is 16.2. The zero-order valence-electron chi connectivity index (χ0n) is 19.4.